The van der Waals surface area contributed by atoms with Gasteiger partial charge in [-0.3, -0.25) is 4.79 Å². The zero-order valence-corrected chi connectivity index (χ0v) is 16.1. The molecule has 1 N–H and O–H groups in total. The molecule has 0 saturated heterocycles. The van der Waals surface area contributed by atoms with Crippen LogP contribution in [0.5, 0.6) is 5.75 Å². The van der Waals surface area contributed by atoms with Crippen molar-refractivity contribution in [3.63, 3.8) is 0 Å². The molecule has 0 aliphatic rings. The normalized spacial score (nSPS) is 10.4. The molecular weight excluding hydrogens is 336 g/mol. The number of aryl methyl sites for hydroxylation is 1. The first-order valence-corrected chi connectivity index (χ1v) is 8.81. The van der Waals surface area contributed by atoms with Crippen LogP contribution >= 0.6 is 0 Å². The Labute approximate surface area is 159 Å². The minimum Gasteiger partial charge on any atom is -0.497 e. The fourth-order valence-electron chi connectivity index (χ4n) is 3.18. The smallest absolute Gasteiger partial charge is 0.209 e. The molecule has 1 heterocycles. The van der Waals surface area contributed by atoms with E-state index in [0.29, 0.717) is 0 Å². The lowest BCUT2D eigenvalue weighted by molar-refractivity contribution is -0.115. The van der Waals surface area contributed by atoms with Crippen molar-refractivity contribution in [1.82, 2.24) is 9.88 Å². The number of aromatic nitrogens is 1. The van der Waals surface area contributed by atoms with E-state index in [1.165, 1.54) is 43.4 Å². The van der Waals surface area contributed by atoms with E-state index in [0.717, 1.165) is 12.2 Å². The molecule has 27 heavy (non-hydrogen) atoms. The van der Waals surface area contributed by atoms with E-state index in [4.69, 9.17) is 4.74 Å². The van der Waals surface area contributed by atoms with Gasteiger partial charge in [0.1, 0.15) is 5.75 Å². The first-order chi connectivity index (χ1) is 13.0. The van der Waals surface area contributed by atoms with E-state index < -0.39 is 0 Å². The van der Waals surface area contributed by atoms with Gasteiger partial charge in [0.15, 0.2) is 0 Å². The molecular formula is C23H24N2O2. The van der Waals surface area contributed by atoms with E-state index in [1.54, 1.807) is 21.2 Å². The second-order valence-corrected chi connectivity index (χ2v) is 6.65. The third kappa shape index (κ3) is 3.80. The van der Waals surface area contributed by atoms with Crippen LogP contribution in [-0.2, 0) is 4.79 Å². The highest BCUT2D eigenvalue weighted by molar-refractivity contribution is 6.14. The second-order valence-electron chi connectivity index (χ2n) is 6.65. The van der Waals surface area contributed by atoms with Gasteiger partial charge in [-0.2, -0.15) is 0 Å². The fraction of sp³-hybridized carbons (Fsp3) is 0.174. The summed E-state index contributed by atoms with van der Waals surface area (Å²) in [6.45, 7) is 2.17. The Bertz CT molecular complexity index is 1060. The van der Waals surface area contributed by atoms with E-state index in [-0.39, 0.29) is 0 Å². The first-order valence-electron chi connectivity index (χ1n) is 8.81. The summed E-state index contributed by atoms with van der Waals surface area (Å²) in [5.41, 5.74) is 6.14. The molecule has 1 amide bonds. The third-order valence-electron chi connectivity index (χ3n) is 4.47. The summed E-state index contributed by atoms with van der Waals surface area (Å²) in [5, 5.41) is 2.56. The average Bonchev–Trinajstić information content (AvgIpc) is 3.07. The predicted molar refractivity (Wildman–Crippen MR) is 112 cm³/mol. The Morgan fingerprint density at radius 2 is 1.59 bits per heavy atom. The third-order valence-corrected chi connectivity index (χ3v) is 4.47. The van der Waals surface area contributed by atoms with Gasteiger partial charge >= 0.3 is 0 Å². The van der Waals surface area contributed by atoms with Crippen LogP contribution in [0.3, 0.4) is 0 Å². The van der Waals surface area contributed by atoms with Gasteiger partial charge in [-0.05, 0) is 47.9 Å². The first kappa shape index (κ1) is 18.5. The van der Waals surface area contributed by atoms with Crippen LogP contribution in [0.15, 0.2) is 60.7 Å². The summed E-state index contributed by atoms with van der Waals surface area (Å²) in [6, 6.07) is 21.1. The zero-order chi connectivity index (χ0) is 19.4. The summed E-state index contributed by atoms with van der Waals surface area (Å²) in [6.07, 6.45) is 0.750. The van der Waals surface area contributed by atoms with Gasteiger partial charge in [0.25, 0.3) is 0 Å². The molecule has 4 heteroatoms. The highest BCUT2D eigenvalue weighted by Crippen LogP contribution is 2.37. The number of fused-ring (bicyclic) bond motifs is 3. The van der Waals surface area contributed by atoms with Gasteiger partial charge in [-0.25, -0.2) is 0 Å². The molecule has 0 aliphatic heterocycles. The molecule has 0 bridgehead atoms. The number of rotatable bonds is 3. The average molecular weight is 360 g/mol. The molecule has 4 aromatic rings. The number of methoxy groups -OCH3 is 1. The SMILES string of the molecule is CN(C)C=O.COc1ccc(-c2c(C)ccc3[nH]c4ccccc4c23)cc1. The van der Waals surface area contributed by atoms with Gasteiger partial charge in [-0.1, -0.05) is 36.4 Å². The maximum Gasteiger partial charge on any atom is 0.209 e. The van der Waals surface area contributed by atoms with Crippen LogP contribution in [0.1, 0.15) is 5.56 Å². The standard InChI is InChI=1S/C20H17NO.C3H7NO/c1-13-7-12-18-20(16-5-3-4-6-17(16)21-18)19(13)14-8-10-15(22-2)11-9-14;1-4(2)3-5/h3-12,21H,1-2H3;3H,1-2H3. The number of H-pyrrole nitrogens is 1. The number of aromatic amines is 1. The van der Waals surface area contributed by atoms with Crippen molar-refractivity contribution in [2.45, 2.75) is 6.92 Å². The van der Waals surface area contributed by atoms with Gasteiger partial charge in [0, 0.05) is 35.9 Å². The van der Waals surface area contributed by atoms with Crippen molar-refractivity contribution in [1.29, 1.82) is 0 Å². The summed E-state index contributed by atoms with van der Waals surface area (Å²) >= 11 is 0. The molecule has 0 radical (unpaired) electrons. The van der Waals surface area contributed by atoms with Crippen molar-refractivity contribution in [3.05, 3.63) is 66.2 Å². The minimum absolute atomic E-state index is 0.750. The van der Waals surface area contributed by atoms with Crippen LogP contribution in [-0.4, -0.2) is 37.5 Å². The Balaban J connectivity index is 0.000000376. The van der Waals surface area contributed by atoms with Crippen LogP contribution in [0.2, 0.25) is 0 Å². The van der Waals surface area contributed by atoms with Crippen LogP contribution in [0.25, 0.3) is 32.9 Å². The molecule has 4 nitrogen and oxygen atoms in total. The van der Waals surface area contributed by atoms with Crippen LogP contribution < -0.4 is 4.74 Å². The minimum atomic E-state index is 0.750. The predicted octanol–water partition coefficient (Wildman–Crippen LogP) is 5.01. The molecule has 0 spiro atoms. The number of benzene rings is 3. The Kier molecular flexibility index (Phi) is 5.46. The molecule has 0 unspecified atom stereocenters. The molecule has 3 aromatic carbocycles. The number of para-hydroxylation sites is 1. The van der Waals surface area contributed by atoms with E-state index in [9.17, 15) is 4.79 Å². The van der Waals surface area contributed by atoms with Gasteiger partial charge < -0.3 is 14.6 Å². The van der Waals surface area contributed by atoms with Crippen molar-refractivity contribution in [2.75, 3.05) is 21.2 Å². The van der Waals surface area contributed by atoms with E-state index in [1.807, 2.05) is 12.1 Å². The number of amides is 1. The van der Waals surface area contributed by atoms with Crippen LogP contribution in [0, 0.1) is 6.92 Å². The Hall–Kier alpha value is -3.27. The van der Waals surface area contributed by atoms with E-state index in [2.05, 4.69) is 60.4 Å². The highest BCUT2D eigenvalue weighted by atomic mass is 16.5. The number of carbonyl (C=O) groups excluding carboxylic acids is 1. The van der Waals surface area contributed by atoms with Gasteiger partial charge in [0.05, 0.1) is 7.11 Å². The second kappa shape index (κ2) is 7.96. The van der Waals surface area contributed by atoms with E-state index >= 15 is 0 Å². The molecule has 1 aromatic heterocycles. The fourth-order valence-corrected chi connectivity index (χ4v) is 3.18. The molecule has 4 rings (SSSR count). The lowest BCUT2D eigenvalue weighted by Gasteiger charge is -2.09. The van der Waals surface area contributed by atoms with Crippen molar-refractivity contribution < 1.29 is 9.53 Å². The molecule has 0 fully saturated rings. The summed E-state index contributed by atoms with van der Waals surface area (Å²) < 4.78 is 5.27. The van der Waals surface area contributed by atoms with Gasteiger partial charge in [0.2, 0.25) is 6.41 Å². The number of hydrogen-bond donors (Lipinski definition) is 1. The number of carbonyl (C=O) groups is 1. The Morgan fingerprint density at radius 1 is 0.926 bits per heavy atom. The zero-order valence-electron chi connectivity index (χ0n) is 16.1. The maximum absolute atomic E-state index is 9.43. The summed E-state index contributed by atoms with van der Waals surface area (Å²) in [7, 11) is 5.07. The molecule has 0 saturated carbocycles. The van der Waals surface area contributed by atoms with Crippen LogP contribution in [0.4, 0.5) is 0 Å². The Morgan fingerprint density at radius 3 is 2.22 bits per heavy atom. The lowest BCUT2D eigenvalue weighted by atomic mass is 9.95. The number of nitrogens with zero attached hydrogens (tertiary/aromatic N) is 1. The highest BCUT2D eigenvalue weighted by Gasteiger charge is 2.12. The van der Waals surface area contributed by atoms with Crippen molar-refractivity contribution >= 4 is 28.2 Å². The van der Waals surface area contributed by atoms with Gasteiger partial charge in [-0.15, -0.1) is 0 Å². The lowest BCUT2D eigenvalue weighted by Crippen LogP contribution is -2.06. The molecule has 138 valence electrons. The number of ether oxygens (including phenoxy) is 1. The van der Waals surface area contributed by atoms with Crippen molar-refractivity contribution in [2.24, 2.45) is 0 Å². The monoisotopic (exact) mass is 360 g/mol. The quantitative estimate of drug-likeness (QED) is 0.522. The topological polar surface area (TPSA) is 45.3 Å². The number of nitrogens with one attached hydrogen (secondary N) is 1. The largest absolute Gasteiger partial charge is 0.497 e. The molecule has 0 atom stereocenters. The molecule has 0 aliphatic carbocycles. The van der Waals surface area contributed by atoms with Crippen molar-refractivity contribution in [3.8, 4) is 16.9 Å². The summed E-state index contributed by atoms with van der Waals surface area (Å²) in [5.74, 6) is 0.882. The summed E-state index contributed by atoms with van der Waals surface area (Å²) in [4.78, 5) is 14.4. The maximum atomic E-state index is 9.43. The number of hydrogen-bond acceptors (Lipinski definition) is 2.